The maximum absolute atomic E-state index is 11.7. The predicted octanol–water partition coefficient (Wildman–Crippen LogP) is 5.04. The molecule has 0 radical (unpaired) electrons. The molecular weight excluding hydrogens is 177 g/mol. The highest BCUT2D eigenvalue weighted by Crippen LogP contribution is 2.10. The average molecular weight is 205 g/mol. The van der Waals surface area contributed by atoms with Gasteiger partial charge in [-0.3, -0.25) is 4.39 Å². The third kappa shape index (κ3) is 14.4. The van der Waals surface area contributed by atoms with E-state index in [9.17, 15) is 4.39 Å². The van der Waals surface area contributed by atoms with Gasteiger partial charge in [-0.05, 0) is 6.42 Å². The Morgan fingerprint density at radius 3 is 1.36 bits per heavy atom. The molecule has 0 heterocycles. The van der Waals surface area contributed by atoms with Crippen LogP contribution in [0.1, 0.15) is 71.1 Å². The molecule has 0 aliphatic heterocycles. The smallest absolute Gasteiger partial charge is 0.0894 e. The van der Waals surface area contributed by atoms with Gasteiger partial charge in [0.2, 0.25) is 0 Å². The van der Waals surface area contributed by atoms with Crippen molar-refractivity contribution < 1.29 is 4.39 Å². The molecule has 0 aromatic heterocycles. The van der Waals surface area contributed by atoms with E-state index in [4.69, 9.17) is 0 Å². The highest BCUT2D eigenvalue weighted by atomic mass is 19.1. The first-order valence-corrected chi connectivity index (χ1v) is 5.97. The lowest BCUT2D eigenvalue weighted by Crippen LogP contribution is -1.82. The molecule has 0 atom stereocenters. The number of hydrogen-bond donors (Lipinski definition) is 1. The second-order valence-electron chi connectivity index (χ2n) is 3.87. The molecule has 0 aromatic carbocycles. The molecule has 0 saturated carbocycles. The maximum atomic E-state index is 11.7. The Morgan fingerprint density at radius 1 is 0.643 bits per heavy atom. The molecule has 0 fully saturated rings. The molecule has 3 N–H and O–H groups in total. The van der Waals surface area contributed by atoms with Gasteiger partial charge in [0.15, 0.2) is 0 Å². The van der Waals surface area contributed by atoms with E-state index in [1.165, 1.54) is 51.4 Å². The summed E-state index contributed by atoms with van der Waals surface area (Å²) in [4.78, 5) is 0. The summed E-state index contributed by atoms with van der Waals surface area (Å²) in [6.07, 6.45) is 12.7. The Labute approximate surface area is 89.1 Å². The maximum Gasteiger partial charge on any atom is 0.0894 e. The first kappa shape index (κ1) is 16.3. The van der Waals surface area contributed by atoms with Gasteiger partial charge in [0.1, 0.15) is 0 Å². The van der Waals surface area contributed by atoms with E-state index < -0.39 is 0 Å². The number of unbranched alkanes of at least 4 members (excludes halogenated alkanes) is 9. The highest BCUT2D eigenvalue weighted by molar-refractivity contribution is 4.46. The van der Waals surface area contributed by atoms with E-state index in [0.29, 0.717) is 0 Å². The molecule has 0 unspecified atom stereocenters. The van der Waals surface area contributed by atoms with E-state index >= 15 is 0 Å². The zero-order valence-corrected chi connectivity index (χ0v) is 9.86. The number of halogens is 1. The molecule has 0 rings (SSSR count). The topological polar surface area (TPSA) is 35.0 Å². The fourth-order valence-electron chi connectivity index (χ4n) is 1.58. The zero-order chi connectivity index (χ0) is 9.78. The van der Waals surface area contributed by atoms with E-state index in [0.717, 1.165) is 12.8 Å². The van der Waals surface area contributed by atoms with Gasteiger partial charge in [-0.2, -0.15) is 0 Å². The summed E-state index contributed by atoms with van der Waals surface area (Å²) >= 11 is 0. The minimum absolute atomic E-state index is 0. The van der Waals surface area contributed by atoms with Crippen molar-refractivity contribution in [1.82, 2.24) is 6.15 Å². The molecule has 88 valence electrons. The first-order chi connectivity index (χ1) is 6.41. The largest absolute Gasteiger partial charge is 0.344 e. The van der Waals surface area contributed by atoms with Crippen LogP contribution < -0.4 is 6.15 Å². The molecule has 0 bridgehead atoms. The predicted molar refractivity (Wildman–Crippen MR) is 62.8 cm³/mol. The number of hydrogen-bond acceptors (Lipinski definition) is 1. The molecule has 2 heteroatoms. The van der Waals surface area contributed by atoms with Crippen LogP contribution in [0.3, 0.4) is 0 Å². The van der Waals surface area contributed by atoms with E-state index in [1.54, 1.807) is 0 Å². The molecule has 1 nitrogen and oxygen atoms in total. The Hall–Kier alpha value is -0.110. The molecule has 0 aliphatic rings. The second kappa shape index (κ2) is 15.4. The summed E-state index contributed by atoms with van der Waals surface area (Å²) in [6, 6.07) is 0. The van der Waals surface area contributed by atoms with Crippen molar-refractivity contribution in [1.29, 1.82) is 0 Å². The van der Waals surface area contributed by atoms with Crippen LogP contribution in [-0.4, -0.2) is 6.67 Å². The van der Waals surface area contributed by atoms with Gasteiger partial charge < -0.3 is 6.15 Å². The van der Waals surface area contributed by atoms with Crippen LogP contribution in [0.4, 0.5) is 4.39 Å². The summed E-state index contributed by atoms with van der Waals surface area (Å²) in [5, 5.41) is 0. The van der Waals surface area contributed by atoms with Gasteiger partial charge in [-0.25, -0.2) is 0 Å². The summed E-state index contributed by atoms with van der Waals surface area (Å²) in [6.45, 7) is 2.12. The standard InChI is InChI=1S/C12H25F.H3N/c1-2-3-4-5-6-7-8-9-10-11-12-13;/h2-12H2,1H3;1H3. The lowest BCUT2D eigenvalue weighted by atomic mass is 10.1. The third-order valence-corrected chi connectivity index (χ3v) is 2.49. The summed E-state index contributed by atoms with van der Waals surface area (Å²) in [5.41, 5.74) is 0. The van der Waals surface area contributed by atoms with Crippen molar-refractivity contribution in [3.63, 3.8) is 0 Å². The van der Waals surface area contributed by atoms with Crippen molar-refractivity contribution in [3.05, 3.63) is 0 Å². The second-order valence-corrected chi connectivity index (χ2v) is 3.87. The van der Waals surface area contributed by atoms with Crippen LogP contribution in [0.25, 0.3) is 0 Å². The van der Waals surface area contributed by atoms with Gasteiger partial charge in [0.25, 0.3) is 0 Å². The number of rotatable bonds is 10. The Bertz CT molecular complexity index is 76.4. The average Bonchev–Trinajstić information content (AvgIpc) is 2.16. The highest BCUT2D eigenvalue weighted by Gasteiger charge is 1.91. The Balaban J connectivity index is 0. The van der Waals surface area contributed by atoms with E-state index in [-0.39, 0.29) is 12.8 Å². The summed E-state index contributed by atoms with van der Waals surface area (Å²) < 4.78 is 11.7. The van der Waals surface area contributed by atoms with Crippen molar-refractivity contribution in [2.75, 3.05) is 6.67 Å². The van der Waals surface area contributed by atoms with Crippen LogP contribution in [-0.2, 0) is 0 Å². The Morgan fingerprint density at radius 2 is 1.00 bits per heavy atom. The van der Waals surface area contributed by atoms with Crippen molar-refractivity contribution >= 4 is 0 Å². The summed E-state index contributed by atoms with van der Waals surface area (Å²) in [5.74, 6) is 0. The first-order valence-electron chi connectivity index (χ1n) is 5.97. The fourth-order valence-corrected chi connectivity index (χ4v) is 1.58. The SMILES string of the molecule is CCCCCCCCCCCCF.N. The molecule has 14 heavy (non-hydrogen) atoms. The number of alkyl halides is 1. The molecule has 0 saturated heterocycles. The van der Waals surface area contributed by atoms with Gasteiger partial charge in [0.05, 0.1) is 6.67 Å². The van der Waals surface area contributed by atoms with Crippen LogP contribution in [0.2, 0.25) is 0 Å². The minimum atomic E-state index is -0.128. The van der Waals surface area contributed by atoms with Crippen LogP contribution in [0.15, 0.2) is 0 Å². The fraction of sp³-hybridized carbons (Fsp3) is 1.00. The Kier molecular flexibility index (Phi) is 17.9. The van der Waals surface area contributed by atoms with Crippen molar-refractivity contribution in [2.45, 2.75) is 71.1 Å². The quantitative estimate of drug-likeness (QED) is 0.498. The molecule has 0 spiro atoms. The van der Waals surface area contributed by atoms with E-state index in [2.05, 4.69) is 6.92 Å². The van der Waals surface area contributed by atoms with E-state index in [1.807, 2.05) is 0 Å². The minimum Gasteiger partial charge on any atom is -0.344 e. The molecule has 0 amide bonds. The molecule has 0 aliphatic carbocycles. The lowest BCUT2D eigenvalue weighted by Gasteiger charge is -2.00. The molecular formula is C12H28FN. The van der Waals surface area contributed by atoms with Gasteiger partial charge >= 0.3 is 0 Å². The van der Waals surface area contributed by atoms with Crippen molar-refractivity contribution in [3.8, 4) is 0 Å². The van der Waals surface area contributed by atoms with Gasteiger partial charge in [0, 0.05) is 0 Å². The van der Waals surface area contributed by atoms with Crippen LogP contribution in [0, 0.1) is 0 Å². The lowest BCUT2D eigenvalue weighted by molar-refractivity contribution is 0.449. The normalized spacial score (nSPS) is 9.86. The monoisotopic (exact) mass is 205 g/mol. The zero-order valence-electron chi connectivity index (χ0n) is 9.86. The summed E-state index contributed by atoms with van der Waals surface area (Å²) in [7, 11) is 0. The van der Waals surface area contributed by atoms with Crippen LogP contribution >= 0.6 is 0 Å². The van der Waals surface area contributed by atoms with Gasteiger partial charge in [-0.1, -0.05) is 64.7 Å². The van der Waals surface area contributed by atoms with Gasteiger partial charge in [-0.15, -0.1) is 0 Å². The third-order valence-electron chi connectivity index (χ3n) is 2.49. The molecule has 0 aromatic rings. The van der Waals surface area contributed by atoms with Crippen LogP contribution in [0.5, 0.6) is 0 Å². The van der Waals surface area contributed by atoms with Crippen molar-refractivity contribution in [2.24, 2.45) is 0 Å².